The molecule has 2 aromatic heterocycles. The van der Waals surface area contributed by atoms with Gasteiger partial charge in [-0.05, 0) is 19.4 Å². The summed E-state index contributed by atoms with van der Waals surface area (Å²) in [6, 6.07) is 12.2. The molecule has 0 bridgehead atoms. The Balaban J connectivity index is 2.28. The molecular weight excluding hydrogens is 224 g/mol. The van der Waals surface area contributed by atoms with Gasteiger partial charge in [0.2, 0.25) is 0 Å². The lowest BCUT2D eigenvalue weighted by atomic mass is 10.1. The molecule has 18 heavy (non-hydrogen) atoms. The Hall–Kier alpha value is -2.16. The summed E-state index contributed by atoms with van der Waals surface area (Å²) < 4.78 is 5.35. The van der Waals surface area contributed by atoms with E-state index in [1.165, 1.54) is 0 Å². The second-order valence-corrected chi connectivity index (χ2v) is 4.32. The molecule has 0 aliphatic carbocycles. The summed E-state index contributed by atoms with van der Waals surface area (Å²) >= 11 is 0. The first-order valence-corrected chi connectivity index (χ1v) is 6.11. The Labute approximate surface area is 105 Å². The predicted octanol–water partition coefficient (Wildman–Crippen LogP) is 3.76. The van der Waals surface area contributed by atoms with Crippen molar-refractivity contribution in [3.63, 3.8) is 0 Å². The highest BCUT2D eigenvalue weighted by molar-refractivity contribution is 5.85. The molecular formula is C15H14N2O. The van der Waals surface area contributed by atoms with Crippen molar-refractivity contribution in [2.45, 2.75) is 20.3 Å². The van der Waals surface area contributed by atoms with Crippen LogP contribution >= 0.6 is 0 Å². The van der Waals surface area contributed by atoms with Crippen LogP contribution in [0.1, 0.15) is 18.3 Å². The van der Waals surface area contributed by atoms with Crippen molar-refractivity contribution in [3.05, 3.63) is 47.8 Å². The molecule has 3 aromatic rings. The van der Waals surface area contributed by atoms with Gasteiger partial charge in [-0.25, -0.2) is 4.98 Å². The monoisotopic (exact) mass is 238 g/mol. The summed E-state index contributed by atoms with van der Waals surface area (Å²) in [5, 5.41) is 5.08. The van der Waals surface area contributed by atoms with Gasteiger partial charge in [0.05, 0.1) is 17.1 Å². The molecule has 90 valence electrons. The van der Waals surface area contributed by atoms with E-state index in [-0.39, 0.29) is 0 Å². The van der Waals surface area contributed by atoms with E-state index in [1.807, 2.05) is 25.1 Å². The summed E-state index contributed by atoms with van der Waals surface area (Å²) in [5.41, 5.74) is 4.79. The van der Waals surface area contributed by atoms with Gasteiger partial charge in [-0.3, -0.25) is 0 Å². The smallest absolute Gasteiger partial charge is 0.188 e. The summed E-state index contributed by atoms with van der Waals surface area (Å²) in [6.07, 6.45) is 0.839. The molecule has 0 saturated heterocycles. The Morgan fingerprint density at radius 2 is 1.94 bits per heavy atom. The molecule has 0 N–H and O–H groups in total. The zero-order valence-corrected chi connectivity index (χ0v) is 10.5. The quantitative estimate of drug-likeness (QED) is 0.682. The molecule has 0 saturated carbocycles. The molecule has 3 heteroatoms. The van der Waals surface area contributed by atoms with E-state index in [2.05, 4.69) is 35.3 Å². The largest absolute Gasteiger partial charge is 0.354 e. The lowest BCUT2D eigenvalue weighted by Crippen LogP contribution is -1.91. The molecule has 0 atom stereocenters. The Morgan fingerprint density at radius 1 is 1.17 bits per heavy atom. The molecule has 2 heterocycles. The lowest BCUT2D eigenvalue weighted by Gasteiger charge is -2.04. The van der Waals surface area contributed by atoms with Gasteiger partial charge in [-0.15, -0.1) is 0 Å². The normalized spacial score (nSPS) is 11.0. The fourth-order valence-corrected chi connectivity index (χ4v) is 2.12. The van der Waals surface area contributed by atoms with Gasteiger partial charge < -0.3 is 4.52 Å². The summed E-state index contributed by atoms with van der Waals surface area (Å²) in [5.74, 6) is 0. The zero-order valence-electron chi connectivity index (χ0n) is 10.5. The summed E-state index contributed by atoms with van der Waals surface area (Å²) in [4.78, 5) is 4.67. The Bertz CT molecular complexity index is 686. The SMILES string of the molecule is CCc1nc(-c2ccccc2)cc2c(C)noc12. The molecule has 3 rings (SSSR count). The minimum atomic E-state index is 0.815. The number of fused-ring (bicyclic) bond motifs is 1. The van der Waals surface area contributed by atoms with Crippen molar-refractivity contribution < 1.29 is 4.52 Å². The highest BCUT2D eigenvalue weighted by Crippen LogP contribution is 2.27. The highest BCUT2D eigenvalue weighted by atomic mass is 16.5. The van der Waals surface area contributed by atoms with Crippen LogP contribution in [-0.4, -0.2) is 10.1 Å². The van der Waals surface area contributed by atoms with Crippen LogP contribution in [0.15, 0.2) is 40.9 Å². The van der Waals surface area contributed by atoms with E-state index in [4.69, 9.17) is 4.52 Å². The fraction of sp³-hybridized carbons (Fsp3) is 0.200. The van der Waals surface area contributed by atoms with Crippen molar-refractivity contribution in [2.24, 2.45) is 0 Å². The second-order valence-electron chi connectivity index (χ2n) is 4.32. The van der Waals surface area contributed by atoms with Crippen LogP contribution in [0.3, 0.4) is 0 Å². The molecule has 0 spiro atoms. The van der Waals surface area contributed by atoms with Gasteiger partial charge in [-0.1, -0.05) is 42.4 Å². The molecule has 0 fully saturated rings. The standard InChI is InChI=1S/C15H14N2O/c1-3-13-15-12(10(2)17-18-15)9-14(16-13)11-7-5-4-6-8-11/h4-9H,3H2,1-2H3. The average molecular weight is 238 g/mol. The third-order valence-corrected chi connectivity index (χ3v) is 3.11. The number of aryl methyl sites for hydroxylation is 2. The van der Waals surface area contributed by atoms with Crippen molar-refractivity contribution in [3.8, 4) is 11.3 Å². The molecule has 0 unspecified atom stereocenters. The van der Waals surface area contributed by atoms with E-state index in [9.17, 15) is 0 Å². The molecule has 3 nitrogen and oxygen atoms in total. The third kappa shape index (κ3) is 1.68. The van der Waals surface area contributed by atoms with Gasteiger partial charge in [0.25, 0.3) is 0 Å². The maximum Gasteiger partial charge on any atom is 0.188 e. The zero-order chi connectivity index (χ0) is 12.5. The van der Waals surface area contributed by atoms with Crippen LogP contribution in [0.4, 0.5) is 0 Å². The molecule has 0 amide bonds. The van der Waals surface area contributed by atoms with E-state index >= 15 is 0 Å². The number of pyridine rings is 1. The van der Waals surface area contributed by atoms with Crippen molar-refractivity contribution in [2.75, 3.05) is 0 Å². The minimum Gasteiger partial charge on any atom is -0.354 e. The number of rotatable bonds is 2. The van der Waals surface area contributed by atoms with Crippen LogP contribution < -0.4 is 0 Å². The number of aromatic nitrogens is 2. The van der Waals surface area contributed by atoms with Crippen LogP contribution in [0.2, 0.25) is 0 Å². The van der Waals surface area contributed by atoms with Crippen molar-refractivity contribution >= 4 is 11.0 Å². The van der Waals surface area contributed by atoms with Crippen molar-refractivity contribution in [1.82, 2.24) is 10.1 Å². The maximum absolute atomic E-state index is 5.35. The number of hydrogen-bond acceptors (Lipinski definition) is 3. The van der Waals surface area contributed by atoms with Crippen LogP contribution in [-0.2, 0) is 6.42 Å². The highest BCUT2D eigenvalue weighted by Gasteiger charge is 2.12. The number of benzene rings is 1. The number of nitrogens with zero attached hydrogens (tertiary/aromatic N) is 2. The minimum absolute atomic E-state index is 0.815. The summed E-state index contributed by atoms with van der Waals surface area (Å²) in [6.45, 7) is 4.04. The molecule has 0 aliphatic rings. The van der Waals surface area contributed by atoms with Crippen LogP contribution in [0.25, 0.3) is 22.2 Å². The first-order valence-electron chi connectivity index (χ1n) is 6.11. The molecule has 1 aromatic carbocycles. The van der Waals surface area contributed by atoms with E-state index in [0.29, 0.717) is 0 Å². The van der Waals surface area contributed by atoms with E-state index < -0.39 is 0 Å². The average Bonchev–Trinajstić information content (AvgIpc) is 2.81. The predicted molar refractivity (Wildman–Crippen MR) is 71.4 cm³/mol. The fourth-order valence-electron chi connectivity index (χ4n) is 2.12. The Kier molecular flexibility index (Phi) is 2.59. The Morgan fingerprint density at radius 3 is 2.67 bits per heavy atom. The van der Waals surface area contributed by atoms with Crippen LogP contribution in [0, 0.1) is 6.92 Å². The van der Waals surface area contributed by atoms with Gasteiger partial charge in [0.1, 0.15) is 0 Å². The lowest BCUT2D eigenvalue weighted by molar-refractivity contribution is 0.447. The van der Waals surface area contributed by atoms with Gasteiger partial charge in [0.15, 0.2) is 5.58 Å². The van der Waals surface area contributed by atoms with E-state index in [0.717, 1.165) is 40.0 Å². The van der Waals surface area contributed by atoms with Crippen molar-refractivity contribution in [1.29, 1.82) is 0 Å². The van der Waals surface area contributed by atoms with E-state index in [1.54, 1.807) is 0 Å². The molecule has 0 aliphatic heterocycles. The van der Waals surface area contributed by atoms with Crippen LogP contribution in [0.5, 0.6) is 0 Å². The maximum atomic E-state index is 5.35. The first kappa shape index (κ1) is 11.0. The summed E-state index contributed by atoms with van der Waals surface area (Å²) in [7, 11) is 0. The first-order chi connectivity index (χ1) is 8.79. The van der Waals surface area contributed by atoms with Gasteiger partial charge in [-0.2, -0.15) is 0 Å². The molecule has 0 radical (unpaired) electrons. The van der Waals surface area contributed by atoms with Gasteiger partial charge in [0, 0.05) is 10.9 Å². The number of hydrogen-bond donors (Lipinski definition) is 0. The van der Waals surface area contributed by atoms with Gasteiger partial charge >= 0.3 is 0 Å². The topological polar surface area (TPSA) is 38.9 Å². The third-order valence-electron chi connectivity index (χ3n) is 3.11. The second kappa shape index (κ2) is 4.26.